The van der Waals surface area contributed by atoms with Gasteiger partial charge in [0, 0.05) is 26.2 Å². The van der Waals surface area contributed by atoms with E-state index in [1.165, 1.54) is 5.56 Å². The van der Waals surface area contributed by atoms with Crippen LogP contribution in [0.3, 0.4) is 0 Å². The predicted molar refractivity (Wildman–Crippen MR) is 106 cm³/mol. The molecule has 2 atom stereocenters. The standard InChI is InChI=1S/C17H25N3O.3ClH/c21-17(15-7-4-9-19-15)16-13-18-10-12-20(16)11-8-14-5-2-1-3-6-14;;;/h1-3,5-6,15-16,18-19H,4,7-13H2;3*1H/t15-,16?;;;/m0.../s1. The minimum Gasteiger partial charge on any atom is -0.313 e. The molecule has 1 unspecified atom stereocenters. The molecule has 24 heavy (non-hydrogen) atoms. The summed E-state index contributed by atoms with van der Waals surface area (Å²) in [5.74, 6) is 0.382. The Bertz CT molecular complexity index is 469. The van der Waals surface area contributed by atoms with Crippen molar-refractivity contribution < 1.29 is 4.79 Å². The molecule has 2 aliphatic heterocycles. The number of halogens is 3. The van der Waals surface area contributed by atoms with E-state index in [9.17, 15) is 4.79 Å². The molecule has 0 aromatic heterocycles. The summed E-state index contributed by atoms with van der Waals surface area (Å²) in [4.78, 5) is 15.0. The third kappa shape index (κ3) is 6.17. The van der Waals surface area contributed by atoms with Crippen molar-refractivity contribution >= 4 is 43.0 Å². The van der Waals surface area contributed by atoms with Gasteiger partial charge in [-0.1, -0.05) is 30.3 Å². The number of piperazine rings is 1. The summed E-state index contributed by atoms with van der Waals surface area (Å²) in [6.07, 6.45) is 3.14. The highest BCUT2D eigenvalue weighted by Crippen LogP contribution is 2.14. The van der Waals surface area contributed by atoms with Crippen LogP contribution < -0.4 is 10.6 Å². The zero-order valence-electron chi connectivity index (χ0n) is 13.8. The molecule has 2 aliphatic rings. The Balaban J connectivity index is 0.00000176. The first-order valence-corrected chi connectivity index (χ1v) is 8.10. The molecule has 0 amide bonds. The third-order valence-corrected chi connectivity index (χ3v) is 4.62. The van der Waals surface area contributed by atoms with Crippen LogP contribution in [0.5, 0.6) is 0 Å². The van der Waals surface area contributed by atoms with Gasteiger partial charge in [-0.15, -0.1) is 37.2 Å². The number of benzene rings is 1. The average Bonchev–Trinajstić information content (AvgIpc) is 3.08. The Morgan fingerprint density at radius 1 is 1.12 bits per heavy atom. The van der Waals surface area contributed by atoms with Crippen molar-refractivity contribution in [2.24, 2.45) is 0 Å². The van der Waals surface area contributed by atoms with Crippen LogP contribution in [-0.4, -0.2) is 55.5 Å². The van der Waals surface area contributed by atoms with Gasteiger partial charge in [0.15, 0.2) is 5.78 Å². The van der Waals surface area contributed by atoms with Gasteiger partial charge in [-0.05, 0) is 31.4 Å². The summed E-state index contributed by atoms with van der Waals surface area (Å²) in [5.41, 5.74) is 1.35. The van der Waals surface area contributed by atoms with E-state index in [0.717, 1.165) is 52.0 Å². The van der Waals surface area contributed by atoms with Crippen LogP contribution in [0.4, 0.5) is 0 Å². The molecule has 2 N–H and O–H groups in total. The molecule has 0 bridgehead atoms. The fourth-order valence-corrected chi connectivity index (χ4v) is 3.37. The maximum Gasteiger partial charge on any atom is 0.168 e. The van der Waals surface area contributed by atoms with Crippen molar-refractivity contribution in [2.45, 2.75) is 31.3 Å². The molecule has 1 aromatic rings. The summed E-state index contributed by atoms with van der Waals surface area (Å²) in [6.45, 7) is 4.70. The molecular formula is C17H28Cl3N3O. The van der Waals surface area contributed by atoms with E-state index < -0.39 is 0 Å². The molecule has 138 valence electrons. The van der Waals surface area contributed by atoms with Crippen molar-refractivity contribution in [1.29, 1.82) is 0 Å². The van der Waals surface area contributed by atoms with Crippen LogP contribution in [-0.2, 0) is 11.2 Å². The van der Waals surface area contributed by atoms with E-state index >= 15 is 0 Å². The van der Waals surface area contributed by atoms with Gasteiger partial charge in [-0.25, -0.2) is 0 Å². The second kappa shape index (κ2) is 12.1. The van der Waals surface area contributed by atoms with E-state index in [4.69, 9.17) is 0 Å². The first-order chi connectivity index (χ1) is 10.3. The van der Waals surface area contributed by atoms with Crippen LogP contribution >= 0.6 is 37.2 Å². The predicted octanol–water partition coefficient (Wildman–Crippen LogP) is 2.09. The van der Waals surface area contributed by atoms with Gasteiger partial charge in [-0.2, -0.15) is 0 Å². The number of hydrogen-bond donors (Lipinski definition) is 2. The lowest BCUT2D eigenvalue weighted by Gasteiger charge is -2.36. The smallest absolute Gasteiger partial charge is 0.168 e. The molecule has 1 aromatic carbocycles. The largest absolute Gasteiger partial charge is 0.313 e. The van der Waals surface area contributed by atoms with Gasteiger partial charge in [0.1, 0.15) is 0 Å². The summed E-state index contributed by atoms with van der Waals surface area (Å²) in [6, 6.07) is 10.7. The van der Waals surface area contributed by atoms with Crippen LogP contribution in [0.15, 0.2) is 30.3 Å². The second-order valence-corrected chi connectivity index (χ2v) is 6.04. The summed E-state index contributed by atoms with van der Waals surface area (Å²) >= 11 is 0. The van der Waals surface area contributed by atoms with Crippen LogP contribution in [0.2, 0.25) is 0 Å². The SMILES string of the molecule is Cl.Cl.Cl.O=C(C1CNCCN1CCc1ccccc1)[C@@H]1CCCN1. The monoisotopic (exact) mass is 395 g/mol. The van der Waals surface area contributed by atoms with Gasteiger partial charge in [0.25, 0.3) is 0 Å². The van der Waals surface area contributed by atoms with E-state index in [1.807, 2.05) is 6.07 Å². The summed E-state index contributed by atoms with van der Waals surface area (Å²) in [5, 5.41) is 6.72. The lowest BCUT2D eigenvalue weighted by Crippen LogP contribution is -2.58. The average molecular weight is 397 g/mol. The molecule has 0 aliphatic carbocycles. The van der Waals surface area contributed by atoms with Crippen molar-refractivity contribution in [3.05, 3.63) is 35.9 Å². The summed E-state index contributed by atoms with van der Waals surface area (Å²) in [7, 11) is 0. The minimum atomic E-state index is 0. The van der Waals surface area contributed by atoms with Crippen molar-refractivity contribution in [3.8, 4) is 0 Å². The topological polar surface area (TPSA) is 44.4 Å². The number of nitrogens with one attached hydrogen (secondary N) is 2. The number of nitrogens with zero attached hydrogens (tertiary/aromatic N) is 1. The quantitative estimate of drug-likeness (QED) is 0.800. The molecule has 0 saturated carbocycles. The fourth-order valence-electron chi connectivity index (χ4n) is 3.37. The maximum atomic E-state index is 12.7. The fraction of sp³-hybridized carbons (Fsp3) is 0.588. The Labute approximate surface area is 163 Å². The number of hydrogen-bond acceptors (Lipinski definition) is 4. The van der Waals surface area contributed by atoms with Crippen molar-refractivity contribution in [1.82, 2.24) is 15.5 Å². The molecule has 2 heterocycles. The first kappa shape index (κ1) is 23.6. The van der Waals surface area contributed by atoms with Crippen molar-refractivity contribution in [3.63, 3.8) is 0 Å². The highest BCUT2D eigenvalue weighted by atomic mass is 35.5. The lowest BCUT2D eigenvalue weighted by molar-refractivity contribution is -0.126. The molecule has 2 saturated heterocycles. The minimum absolute atomic E-state index is 0. The van der Waals surface area contributed by atoms with Crippen molar-refractivity contribution in [2.75, 3.05) is 32.7 Å². The Kier molecular flexibility index (Phi) is 11.9. The highest BCUT2D eigenvalue weighted by Gasteiger charge is 2.34. The van der Waals surface area contributed by atoms with Gasteiger partial charge in [0.05, 0.1) is 12.1 Å². The van der Waals surface area contributed by atoms with Gasteiger partial charge in [0.2, 0.25) is 0 Å². The Hall–Kier alpha value is -0.360. The van der Waals surface area contributed by atoms with E-state index in [2.05, 4.69) is 39.8 Å². The van der Waals surface area contributed by atoms with Crippen LogP contribution in [0.1, 0.15) is 18.4 Å². The van der Waals surface area contributed by atoms with Crippen LogP contribution in [0.25, 0.3) is 0 Å². The molecule has 3 rings (SSSR count). The number of carbonyl (C=O) groups is 1. The van der Waals surface area contributed by atoms with E-state index in [-0.39, 0.29) is 49.3 Å². The van der Waals surface area contributed by atoms with Crippen LogP contribution in [0, 0.1) is 0 Å². The normalized spacial score (nSPS) is 23.5. The highest BCUT2D eigenvalue weighted by molar-refractivity contribution is 5.89. The lowest BCUT2D eigenvalue weighted by atomic mass is 10.00. The first-order valence-electron chi connectivity index (χ1n) is 8.10. The van der Waals surface area contributed by atoms with E-state index in [1.54, 1.807) is 0 Å². The van der Waals surface area contributed by atoms with E-state index in [0.29, 0.717) is 5.78 Å². The number of rotatable bonds is 5. The van der Waals surface area contributed by atoms with Gasteiger partial charge < -0.3 is 10.6 Å². The molecule has 2 fully saturated rings. The zero-order valence-corrected chi connectivity index (χ0v) is 16.2. The summed E-state index contributed by atoms with van der Waals surface area (Å²) < 4.78 is 0. The maximum absolute atomic E-state index is 12.7. The second-order valence-electron chi connectivity index (χ2n) is 6.04. The molecule has 0 radical (unpaired) electrons. The van der Waals surface area contributed by atoms with Gasteiger partial charge in [-0.3, -0.25) is 9.69 Å². The molecule has 7 heteroatoms. The Morgan fingerprint density at radius 2 is 1.88 bits per heavy atom. The number of carbonyl (C=O) groups excluding carboxylic acids is 1. The zero-order chi connectivity index (χ0) is 14.5. The molecular weight excluding hydrogens is 369 g/mol. The molecule has 4 nitrogen and oxygen atoms in total. The Morgan fingerprint density at radius 3 is 2.54 bits per heavy atom. The number of ketones is 1. The van der Waals surface area contributed by atoms with Gasteiger partial charge >= 0.3 is 0 Å². The molecule has 0 spiro atoms. The number of Topliss-reactive ketones (excluding diaryl/α,β-unsaturated/α-hetero) is 1. The third-order valence-electron chi connectivity index (χ3n) is 4.62.